The van der Waals surface area contributed by atoms with Crippen LogP contribution in [0.4, 0.5) is 5.69 Å². The SMILES string of the molecule is Cc1cccc(C)c1OCC(=O)N/N=C\c1cc([N+](=O)[O-])ccc1Cl. The van der Waals surface area contributed by atoms with Gasteiger partial charge in [0.1, 0.15) is 5.75 Å². The van der Waals surface area contributed by atoms with Gasteiger partial charge in [0.05, 0.1) is 11.1 Å². The number of aryl methyl sites for hydroxylation is 2. The number of para-hydroxylation sites is 1. The quantitative estimate of drug-likeness (QED) is 0.484. The monoisotopic (exact) mass is 361 g/mol. The van der Waals surface area contributed by atoms with Crippen molar-refractivity contribution < 1.29 is 14.5 Å². The lowest BCUT2D eigenvalue weighted by atomic mass is 10.1. The maximum Gasteiger partial charge on any atom is 0.277 e. The van der Waals surface area contributed by atoms with Crippen LogP contribution < -0.4 is 10.2 Å². The summed E-state index contributed by atoms with van der Waals surface area (Å²) < 4.78 is 5.51. The molecule has 0 unspecified atom stereocenters. The van der Waals surface area contributed by atoms with Crippen molar-refractivity contribution in [1.82, 2.24) is 5.43 Å². The molecule has 2 rings (SSSR count). The number of nitro benzene ring substituents is 1. The molecule has 0 aliphatic carbocycles. The van der Waals surface area contributed by atoms with Crippen molar-refractivity contribution in [3.63, 3.8) is 0 Å². The molecule has 130 valence electrons. The third-order valence-electron chi connectivity index (χ3n) is 3.34. The van der Waals surface area contributed by atoms with Gasteiger partial charge in [-0.2, -0.15) is 5.10 Å². The summed E-state index contributed by atoms with van der Waals surface area (Å²) in [6.45, 7) is 3.58. The van der Waals surface area contributed by atoms with Crippen molar-refractivity contribution in [1.29, 1.82) is 0 Å². The maximum atomic E-state index is 11.8. The van der Waals surface area contributed by atoms with Crippen molar-refractivity contribution in [2.45, 2.75) is 13.8 Å². The Balaban J connectivity index is 1.95. The Morgan fingerprint density at radius 2 is 2.00 bits per heavy atom. The van der Waals surface area contributed by atoms with Gasteiger partial charge in [-0.1, -0.05) is 29.8 Å². The normalized spacial score (nSPS) is 10.7. The van der Waals surface area contributed by atoms with Gasteiger partial charge in [-0.3, -0.25) is 14.9 Å². The predicted octanol–water partition coefficient (Wildman–Crippen LogP) is 3.39. The van der Waals surface area contributed by atoms with E-state index in [1.165, 1.54) is 24.4 Å². The molecule has 0 fully saturated rings. The van der Waals surface area contributed by atoms with E-state index in [2.05, 4.69) is 10.5 Å². The van der Waals surface area contributed by atoms with Gasteiger partial charge in [0.25, 0.3) is 11.6 Å². The van der Waals surface area contributed by atoms with Crippen LogP contribution in [0.3, 0.4) is 0 Å². The second-order valence-electron chi connectivity index (χ2n) is 5.27. The number of hydrazone groups is 1. The molecule has 0 radical (unpaired) electrons. The zero-order valence-corrected chi connectivity index (χ0v) is 14.4. The largest absolute Gasteiger partial charge is 0.483 e. The number of carbonyl (C=O) groups excluding carboxylic acids is 1. The van der Waals surface area contributed by atoms with Gasteiger partial charge in [0, 0.05) is 22.7 Å². The van der Waals surface area contributed by atoms with E-state index in [0.29, 0.717) is 11.3 Å². The number of hydrogen-bond acceptors (Lipinski definition) is 5. The van der Waals surface area contributed by atoms with E-state index < -0.39 is 10.8 Å². The summed E-state index contributed by atoms with van der Waals surface area (Å²) in [4.78, 5) is 22.0. The minimum atomic E-state index is -0.537. The first-order valence-corrected chi connectivity index (χ1v) is 7.71. The summed E-state index contributed by atoms with van der Waals surface area (Å²) in [7, 11) is 0. The third-order valence-corrected chi connectivity index (χ3v) is 3.68. The summed E-state index contributed by atoms with van der Waals surface area (Å²) in [6, 6.07) is 9.64. The molecule has 8 heteroatoms. The van der Waals surface area contributed by atoms with E-state index in [0.717, 1.165) is 11.1 Å². The van der Waals surface area contributed by atoms with E-state index in [9.17, 15) is 14.9 Å². The van der Waals surface area contributed by atoms with Crippen LogP contribution >= 0.6 is 11.6 Å². The van der Waals surface area contributed by atoms with Crippen LogP contribution in [0.2, 0.25) is 5.02 Å². The fraction of sp³-hybridized carbons (Fsp3) is 0.176. The highest BCUT2D eigenvalue weighted by Crippen LogP contribution is 2.22. The molecule has 2 aromatic rings. The molecule has 25 heavy (non-hydrogen) atoms. The zero-order valence-electron chi connectivity index (χ0n) is 13.7. The number of amides is 1. The first kappa shape index (κ1) is 18.4. The number of benzene rings is 2. The smallest absolute Gasteiger partial charge is 0.277 e. The van der Waals surface area contributed by atoms with Crippen molar-refractivity contribution in [2.24, 2.45) is 5.10 Å². The van der Waals surface area contributed by atoms with Crippen LogP contribution in [0.25, 0.3) is 0 Å². The van der Waals surface area contributed by atoms with Crippen LogP contribution in [-0.4, -0.2) is 23.7 Å². The molecule has 7 nitrogen and oxygen atoms in total. The predicted molar refractivity (Wildman–Crippen MR) is 95.3 cm³/mol. The average Bonchev–Trinajstić information content (AvgIpc) is 2.56. The molecular formula is C17H16ClN3O4. The summed E-state index contributed by atoms with van der Waals surface area (Å²) in [6.07, 6.45) is 1.24. The van der Waals surface area contributed by atoms with Crippen LogP contribution in [0.5, 0.6) is 5.75 Å². The Hall–Kier alpha value is -2.93. The molecule has 0 atom stereocenters. The van der Waals surface area contributed by atoms with Crippen molar-refractivity contribution in [3.8, 4) is 5.75 Å². The summed E-state index contributed by atoms with van der Waals surface area (Å²) >= 11 is 5.94. The van der Waals surface area contributed by atoms with E-state index in [1.807, 2.05) is 32.0 Å². The molecule has 0 aliphatic rings. The number of non-ortho nitro benzene ring substituents is 1. The fourth-order valence-corrected chi connectivity index (χ4v) is 2.28. The number of hydrogen-bond donors (Lipinski definition) is 1. The van der Waals surface area contributed by atoms with Crippen molar-refractivity contribution >= 4 is 29.4 Å². The number of halogens is 1. The number of nitrogens with zero attached hydrogens (tertiary/aromatic N) is 2. The van der Waals surface area contributed by atoms with E-state index in [4.69, 9.17) is 16.3 Å². The molecule has 0 heterocycles. The number of ether oxygens (including phenoxy) is 1. The molecule has 0 saturated carbocycles. The van der Waals surface area contributed by atoms with Gasteiger partial charge in [-0.15, -0.1) is 0 Å². The van der Waals surface area contributed by atoms with E-state index >= 15 is 0 Å². The molecule has 0 spiro atoms. The Morgan fingerprint density at radius 3 is 2.64 bits per heavy atom. The molecule has 2 aromatic carbocycles. The Labute approximate surface area is 149 Å². The number of carbonyl (C=O) groups is 1. The van der Waals surface area contributed by atoms with Crippen molar-refractivity contribution in [3.05, 3.63) is 68.2 Å². The van der Waals surface area contributed by atoms with Crippen LogP contribution in [-0.2, 0) is 4.79 Å². The number of nitrogens with one attached hydrogen (secondary N) is 1. The lowest BCUT2D eigenvalue weighted by Gasteiger charge is -2.10. The zero-order chi connectivity index (χ0) is 18.4. The fourth-order valence-electron chi connectivity index (χ4n) is 2.11. The highest BCUT2D eigenvalue weighted by molar-refractivity contribution is 6.33. The minimum Gasteiger partial charge on any atom is -0.483 e. The number of nitro groups is 1. The van der Waals surface area contributed by atoms with Gasteiger partial charge < -0.3 is 4.74 Å². The van der Waals surface area contributed by atoms with E-state index in [1.54, 1.807) is 0 Å². The minimum absolute atomic E-state index is 0.115. The number of rotatable bonds is 6. The topological polar surface area (TPSA) is 93.8 Å². The molecular weight excluding hydrogens is 346 g/mol. The summed E-state index contributed by atoms with van der Waals surface area (Å²) in [5.74, 6) is 0.198. The summed E-state index contributed by atoms with van der Waals surface area (Å²) in [5.41, 5.74) is 4.36. The Morgan fingerprint density at radius 1 is 1.32 bits per heavy atom. The standard InChI is InChI=1S/C17H16ClN3O4/c1-11-4-3-5-12(2)17(11)25-10-16(22)20-19-9-13-8-14(21(23)24)6-7-15(13)18/h3-9H,10H2,1-2H3,(H,20,22)/b19-9-. The van der Waals surface area contributed by atoms with Gasteiger partial charge in [0.15, 0.2) is 6.61 Å². The Kier molecular flexibility index (Phi) is 6.08. The maximum absolute atomic E-state index is 11.8. The van der Waals surface area contributed by atoms with Gasteiger partial charge in [-0.05, 0) is 31.0 Å². The van der Waals surface area contributed by atoms with Crippen molar-refractivity contribution in [2.75, 3.05) is 6.61 Å². The second-order valence-corrected chi connectivity index (χ2v) is 5.67. The molecule has 0 bridgehead atoms. The average molecular weight is 362 g/mol. The van der Waals surface area contributed by atoms with Crippen LogP contribution in [0.1, 0.15) is 16.7 Å². The highest BCUT2D eigenvalue weighted by Gasteiger charge is 2.09. The first-order valence-electron chi connectivity index (χ1n) is 7.33. The third kappa shape index (κ3) is 5.02. The Bertz CT molecular complexity index is 816. The molecule has 1 amide bonds. The summed E-state index contributed by atoms with van der Waals surface area (Å²) in [5, 5.41) is 14.8. The lowest BCUT2D eigenvalue weighted by molar-refractivity contribution is -0.384. The van der Waals surface area contributed by atoms with Crippen LogP contribution in [0.15, 0.2) is 41.5 Å². The van der Waals surface area contributed by atoms with Gasteiger partial charge in [-0.25, -0.2) is 5.43 Å². The second kappa shape index (κ2) is 8.25. The van der Waals surface area contributed by atoms with Gasteiger partial charge >= 0.3 is 0 Å². The van der Waals surface area contributed by atoms with Crippen LogP contribution in [0, 0.1) is 24.0 Å². The van der Waals surface area contributed by atoms with E-state index in [-0.39, 0.29) is 17.3 Å². The van der Waals surface area contributed by atoms with Gasteiger partial charge in [0.2, 0.25) is 0 Å². The lowest BCUT2D eigenvalue weighted by Crippen LogP contribution is -2.25. The molecule has 0 saturated heterocycles. The highest BCUT2D eigenvalue weighted by atomic mass is 35.5. The molecule has 0 aliphatic heterocycles. The molecule has 0 aromatic heterocycles. The first-order chi connectivity index (χ1) is 11.9. The molecule has 1 N–H and O–H groups in total.